The third-order valence-corrected chi connectivity index (χ3v) is 1.96. The van der Waals surface area contributed by atoms with Gasteiger partial charge in [0.25, 0.3) is 0 Å². The Morgan fingerprint density at radius 3 is 2.87 bits per heavy atom. The third kappa shape index (κ3) is 3.55. The first-order valence-electron chi connectivity index (χ1n) is 4.27. The molecule has 0 fully saturated rings. The fraction of sp³-hybridized carbons (Fsp3) is 0.222. The van der Waals surface area contributed by atoms with Gasteiger partial charge in [0.05, 0.1) is 13.7 Å². The zero-order valence-electron chi connectivity index (χ0n) is 8.33. The van der Waals surface area contributed by atoms with E-state index >= 15 is 0 Å². The predicted octanol–water partition coefficient (Wildman–Crippen LogP) is 0.627. The van der Waals surface area contributed by atoms with Gasteiger partial charge in [-0.2, -0.15) is 0 Å². The van der Waals surface area contributed by atoms with E-state index in [2.05, 4.69) is 10.5 Å². The number of methoxy groups -OCH3 is 1. The van der Waals surface area contributed by atoms with Gasteiger partial charge >= 0.3 is 0 Å². The number of benzene rings is 1. The van der Waals surface area contributed by atoms with E-state index in [4.69, 9.17) is 27.8 Å². The lowest BCUT2D eigenvalue weighted by atomic mass is 10.2. The van der Waals surface area contributed by atoms with Crippen molar-refractivity contribution in [1.29, 1.82) is 0 Å². The Hall–Kier alpha value is -1.62. The van der Waals surface area contributed by atoms with Crippen LogP contribution in [0, 0.1) is 0 Å². The minimum absolute atomic E-state index is 0.0176. The highest BCUT2D eigenvalue weighted by molar-refractivity contribution is 6.30. The third-order valence-electron chi connectivity index (χ3n) is 1.72. The summed E-state index contributed by atoms with van der Waals surface area (Å²) >= 11 is 5.85. The van der Waals surface area contributed by atoms with Gasteiger partial charge in [-0.25, -0.2) is 0 Å². The molecule has 0 saturated carbocycles. The number of ether oxygens (including phenoxy) is 1. The molecule has 0 aliphatic carbocycles. The van der Waals surface area contributed by atoms with Crippen molar-refractivity contribution < 1.29 is 4.74 Å². The maximum atomic E-state index is 5.85. The van der Waals surface area contributed by atoms with Crippen molar-refractivity contribution in [2.24, 2.45) is 16.6 Å². The van der Waals surface area contributed by atoms with Gasteiger partial charge in [-0.1, -0.05) is 11.6 Å². The molecule has 0 unspecified atom stereocenters. The van der Waals surface area contributed by atoms with Gasteiger partial charge in [0.1, 0.15) is 5.75 Å². The molecule has 0 saturated heterocycles. The second-order valence-electron chi connectivity index (χ2n) is 2.83. The first-order valence-corrected chi connectivity index (χ1v) is 4.65. The average molecular weight is 229 g/mol. The zero-order valence-corrected chi connectivity index (χ0v) is 9.08. The number of rotatable bonds is 4. The molecule has 0 spiro atoms. The van der Waals surface area contributed by atoms with Crippen molar-refractivity contribution in [3.63, 3.8) is 0 Å². The number of nitrogens with two attached hydrogens (primary N) is 2. The van der Waals surface area contributed by atoms with Crippen molar-refractivity contribution >= 4 is 17.6 Å². The van der Waals surface area contributed by atoms with Gasteiger partial charge in [-0.15, -0.1) is 5.10 Å². The quantitative estimate of drug-likeness (QED) is 0.401. The molecule has 5 nitrogen and oxygen atoms in total. The SMILES string of the molecule is COc1ccc(Cl)cc1CNN=C(N)N. The smallest absolute Gasteiger partial charge is 0.208 e. The minimum atomic E-state index is -0.0176. The summed E-state index contributed by atoms with van der Waals surface area (Å²) in [6, 6.07) is 5.33. The molecule has 0 atom stereocenters. The lowest BCUT2D eigenvalue weighted by molar-refractivity contribution is 0.408. The molecule has 0 heterocycles. The van der Waals surface area contributed by atoms with E-state index in [0.29, 0.717) is 11.6 Å². The summed E-state index contributed by atoms with van der Waals surface area (Å²) in [6.45, 7) is 0.446. The summed E-state index contributed by atoms with van der Waals surface area (Å²) < 4.78 is 5.15. The fourth-order valence-corrected chi connectivity index (χ4v) is 1.30. The molecular formula is C9H13ClN4O. The van der Waals surface area contributed by atoms with Crippen LogP contribution < -0.4 is 21.6 Å². The highest BCUT2D eigenvalue weighted by atomic mass is 35.5. The molecule has 0 aliphatic heterocycles. The van der Waals surface area contributed by atoms with Crippen molar-refractivity contribution in [2.75, 3.05) is 7.11 Å². The lowest BCUT2D eigenvalue weighted by Crippen LogP contribution is -2.26. The molecule has 6 heteroatoms. The van der Waals surface area contributed by atoms with Crippen LogP contribution in [0.4, 0.5) is 0 Å². The summed E-state index contributed by atoms with van der Waals surface area (Å²) in [4.78, 5) is 0. The topological polar surface area (TPSA) is 85.7 Å². The summed E-state index contributed by atoms with van der Waals surface area (Å²) in [5, 5.41) is 4.28. The Kier molecular flexibility index (Phi) is 4.05. The monoisotopic (exact) mass is 228 g/mol. The van der Waals surface area contributed by atoms with Gasteiger partial charge in [0, 0.05) is 10.6 Å². The molecule has 0 aliphatic rings. The van der Waals surface area contributed by atoms with Crippen molar-refractivity contribution in [2.45, 2.75) is 6.54 Å². The molecule has 82 valence electrons. The number of hydrogen-bond donors (Lipinski definition) is 3. The second kappa shape index (κ2) is 5.31. The van der Waals surface area contributed by atoms with Crippen molar-refractivity contribution in [3.8, 4) is 5.75 Å². The first-order chi connectivity index (χ1) is 7.13. The average Bonchev–Trinajstić information content (AvgIpc) is 2.17. The summed E-state index contributed by atoms with van der Waals surface area (Å²) in [5.74, 6) is 0.716. The maximum absolute atomic E-state index is 5.85. The Bertz CT molecular complexity index is 363. The second-order valence-corrected chi connectivity index (χ2v) is 3.26. The number of guanidine groups is 1. The zero-order chi connectivity index (χ0) is 11.3. The standard InChI is InChI=1S/C9H13ClN4O/c1-15-8-3-2-7(10)4-6(8)5-13-14-9(11)12/h2-4,13H,5H2,1H3,(H4,11,12,14). The molecule has 15 heavy (non-hydrogen) atoms. The van der Waals surface area contributed by atoms with Crippen LogP contribution in [0.5, 0.6) is 5.75 Å². The van der Waals surface area contributed by atoms with Crippen molar-refractivity contribution in [1.82, 2.24) is 5.43 Å². The van der Waals surface area contributed by atoms with Gasteiger partial charge < -0.3 is 21.6 Å². The van der Waals surface area contributed by atoms with E-state index in [1.54, 1.807) is 25.3 Å². The van der Waals surface area contributed by atoms with Crippen LogP contribution in [-0.4, -0.2) is 13.1 Å². The highest BCUT2D eigenvalue weighted by Gasteiger charge is 2.02. The number of nitrogens with one attached hydrogen (secondary N) is 1. The highest BCUT2D eigenvalue weighted by Crippen LogP contribution is 2.22. The van der Waals surface area contributed by atoms with E-state index in [0.717, 1.165) is 11.3 Å². The maximum Gasteiger partial charge on any atom is 0.208 e. The molecule has 5 N–H and O–H groups in total. The van der Waals surface area contributed by atoms with E-state index in [1.165, 1.54) is 0 Å². The predicted molar refractivity (Wildman–Crippen MR) is 60.7 cm³/mol. The molecule has 0 radical (unpaired) electrons. The van der Waals surface area contributed by atoms with E-state index in [1.807, 2.05) is 0 Å². The van der Waals surface area contributed by atoms with Crippen LogP contribution in [-0.2, 0) is 6.54 Å². The van der Waals surface area contributed by atoms with E-state index in [9.17, 15) is 0 Å². The Balaban J connectivity index is 2.74. The Morgan fingerprint density at radius 1 is 1.53 bits per heavy atom. The van der Waals surface area contributed by atoms with Gasteiger partial charge in [0.2, 0.25) is 5.96 Å². The van der Waals surface area contributed by atoms with E-state index < -0.39 is 0 Å². The number of hydrogen-bond acceptors (Lipinski definition) is 3. The normalized spacial score (nSPS) is 9.47. The summed E-state index contributed by atoms with van der Waals surface area (Å²) in [6.07, 6.45) is 0. The van der Waals surface area contributed by atoms with Crippen LogP contribution in [0.25, 0.3) is 0 Å². The molecule has 1 aromatic carbocycles. The minimum Gasteiger partial charge on any atom is -0.496 e. The van der Waals surface area contributed by atoms with Crippen LogP contribution >= 0.6 is 11.6 Å². The lowest BCUT2D eigenvalue weighted by Gasteiger charge is -2.08. The molecule has 0 bridgehead atoms. The largest absolute Gasteiger partial charge is 0.496 e. The molecular weight excluding hydrogens is 216 g/mol. The van der Waals surface area contributed by atoms with Gasteiger partial charge in [0.15, 0.2) is 0 Å². The molecule has 1 aromatic rings. The van der Waals surface area contributed by atoms with Crippen LogP contribution in [0.2, 0.25) is 5.02 Å². The number of halogens is 1. The summed E-state index contributed by atoms with van der Waals surface area (Å²) in [7, 11) is 1.59. The molecule has 0 aromatic heterocycles. The fourth-order valence-electron chi connectivity index (χ4n) is 1.10. The van der Waals surface area contributed by atoms with Crippen LogP contribution in [0.1, 0.15) is 5.56 Å². The summed E-state index contributed by atoms with van der Waals surface area (Å²) in [5.41, 5.74) is 13.9. The first kappa shape index (κ1) is 11.5. The van der Waals surface area contributed by atoms with Gasteiger partial charge in [-0.05, 0) is 18.2 Å². The van der Waals surface area contributed by atoms with Crippen LogP contribution in [0.3, 0.4) is 0 Å². The Labute approximate surface area is 93.0 Å². The number of hydrazone groups is 1. The Morgan fingerprint density at radius 2 is 2.27 bits per heavy atom. The number of nitrogens with zero attached hydrogens (tertiary/aromatic N) is 1. The molecule has 1 rings (SSSR count). The molecule has 0 amide bonds. The van der Waals surface area contributed by atoms with Gasteiger partial charge in [-0.3, -0.25) is 0 Å². The van der Waals surface area contributed by atoms with Crippen molar-refractivity contribution in [3.05, 3.63) is 28.8 Å². The van der Waals surface area contributed by atoms with Crippen LogP contribution in [0.15, 0.2) is 23.3 Å². The van der Waals surface area contributed by atoms with E-state index in [-0.39, 0.29) is 5.96 Å².